The molecule has 0 saturated carbocycles. The number of methoxy groups -OCH3 is 1. The second-order valence-electron chi connectivity index (χ2n) is 6.54. The summed E-state index contributed by atoms with van der Waals surface area (Å²) in [4.78, 5) is 0. The minimum absolute atomic E-state index is 0.448. The molecule has 0 radical (unpaired) electrons. The number of hydrogen-bond donors (Lipinski definition) is 0. The molecule has 0 aromatic carbocycles. The van der Waals surface area contributed by atoms with E-state index in [9.17, 15) is 0 Å². The Balaban J connectivity index is 6.18. The Morgan fingerprint density at radius 2 is 1.00 bits per heavy atom. The van der Waals surface area contributed by atoms with Crippen LogP contribution < -0.4 is 0 Å². The van der Waals surface area contributed by atoms with Crippen LogP contribution in [-0.2, 0) is 32.2 Å². The minimum Gasteiger partial charge on any atom is -0.374 e. The summed E-state index contributed by atoms with van der Waals surface area (Å²) in [5.74, 6) is -1.27. The molecule has 1 atom stereocenters. The van der Waals surface area contributed by atoms with E-state index in [1.54, 1.807) is 35.4 Å². The van der Waals surface area contributed by atoms with Gasteiger partial charge in [0.25, 0.3) is 5.41 Å². The number of unbranched alkanes of at least 4 members (excludes halogenated alkanes) is 3. The van der Waals surface area contributed by atoms with Crippen LogP contribution in [0.5, 0.6) is 0 Å². The Morgan fingerprint density at radius 3 is 1.30 bits per heavy atom. The number of rotatable bonds is 18. The van der Waals surface area contributed by atoms with Crippen LogP contribution in [0.3, 0.4) is 0 Å². The summed E-state index contributed by atoms with van der Waals surface area (Å²) in [6.45, 7) is 9.51. The topological polar surface area (TPSA) is 64.6 Å². The Bertz CT molecular complexity index is 348. The third-order valence-electron chi connectivity index (χ3n) is 4.68. The van der Waals surface area contributed by atoms with Gasteiger partial charge >= 0.3 is 8.80 Å². The predicted molar refractivity (Wildman–Crippen MR) is 108 cm³/mol. The fourth-order valence-corrected chi connectivity index (χ4v) is 5.43. The molecule has 27 heavy (non-hydrogen) atoms. The molecule has 0 heterocycles. The average molecular weight is 411 g/mol. The van der Waals surface area contributed by atoms with E-state index in [1.165, 1.54) is 0 Å². The van der Waals surface area contributed by atoms with Crippen molar-refractivity contribution in [2.24, 2.45) is 0 Å². The van der Waals surface area contributed by atoms with Gasteiger partial charge < -0.3 is 32.2 Å². The van der Waals surface area contributed by atoms with Gasteiger partial charge in [-0.25, -0.2) is 0 Å². The maximum absolute atomic E-state index is 6.36. The molecule has 0 N–H and O–H groups in total. The summed E-state index contributed by atoms with van der Waals surface area (Å²) >= 11 is 0. The fourth-order valence-electron chi connectivity index (χ4n) is 2.83. The van der Waals surface area contributed by atoms with Gasteiger partial charge in [0.15, 0.2) is 0 Å². The van der Waals surface area contributed by atoms with Gasteiger partial charge in [0.05, 0.1) is 19.8 Å². The van der Waals surface area contributed by atoms with Crippen LogP contribution in [-0.4, -0.2) is 68.3 Å². The Kier molecular flexibility index (Phi) is 14.0. The zero-order valence-electron chi connectivity index (χ0n) is 18.7. The molecule has 0 aliphatic carbocycles. The van der Waals surface area contributed by atoms with Crippen molar-refractivity contribution < 1.29 is 32.2 Å². The molecule has 7 nitrogen and oxygen atoms in total. The molecule has 164 valence electrons. The van der Waals surface area contributed by atoms with E-state index >= 15 is 0 Å². The Morgan fingerprint density at radius 1 is 0.630 bits per heavy atom. The lowest BCUT2D eigenvalue weighted by Crippen LogP contribution is -2.77. The lowest BCUT2D eigenvalue weighted by molar-refractivity contribution is -0.381. The van der Waals surface area contributed by atoms with Crippen LogP contribution in [0, 0.1) is 0 Å². The molecule has 0 aromatic heterocycles. The van der Waals surface area contributed by atoms with Crippen molar-refractivity contribution >= 4 is 8.80 Å². The van der Waals surface area contributed by atoms with Crippen LogP contribution in [0.15, 0.2) is 0 Å². The smallest absolute Gasteiger partial charge is 0.374 e. The van der Waals surface area contributed by atoms with Gasteiger partial charge in [-0.05, 0) is 26.2 Å². The van der Waals surface area contributed by atoms with E-state index < -0.39 is 20.0 Å². The molecule has 0 aliphatic heterocycles. The lowest BCUT2D eigenvalue weighted by atomic mass is 10.2. The van der Waals surface area contributed by atoms with Gasteiger partial charge in [0.2, 0.25) is 5.79 Å². The highest BCUT2D eigenvalue weighted by Crippen LogP contribution is 2.41. The normalized spacial score (nSPS) is 15.1. The second-order valence-corrected chi connectivity index (χ2v) is 9.54. The average Bonchev–Trinajstić information content (AvgIpc) is 2.69. The van der Waals surface area contributed by atoms with Crippen LogP contribution in [0.1, 0.15) is 66.2 Å². The molecule has 0 rings (SSSR count). The summed E-state index contributed by atoms with van der Waals surface area (Å²) in [6, 6.07) is 0. The zero-order valence-corrected chi connectivity index (χ0v) is 19.7. The molecule has 0 saturated heterocycles. The molecular weight excluding hydrogens is 368 g/mol. The highest BCUT2D eigenvalue weighted by atomic mass is 28.4. The van der Waals surface area contributed by atoms with Gasteiger partial charge in [-0.2, -0.15) is 0 Å². The molecule has 1 unspecified atom stereocenters. The monoisotopic (exact) mass is 410 g/mol. The van der Waals surface area contributed by atoms with Gasteiger partial charge in [-0.1, -0.05) is 40.0 Å². The third-order valence-corrected chi connectivity index (χ3v) is 7.84. The highest BCUT2D eigenvalue weighted by molar-refractivity contribution is 6.63. The van der Waals surface area contributed by atoms with Crippen molar-refractivity contribution in [1.29, 1.82) is 0 Å². The molecule has 0 amide bonds. The van der Waals surface area contributed by atoms with Crippen LogP contribution in [0.4, 0.5) is 0 Å². The Hall–Kier alpha value is -0.0631. The van der Waals surface area contributed by atoms with Crippen molar-refractivity contribution in [1.82, 2.24) is 0 Å². The van der Waals surface area contributed by atoms with Crippen molar-refractivity contribution in [3.63, 3.8) is 0 Å². The van der Waals surface area contributed by atoms with E-state index in [0.29, 0.717) is 19.8 Å². The number of ether oxygens (including phenoxy) is 4. The summed E-state index contributed by atoms with van der Waals surface area (Å²) in [5, 5.41) is 0. The van der Waals surface area contributed by atoms with Crippen molar-refractivity contribution in [2.75, 3.05) is 48.3 Å². The minimum atomic E-state index is -3.51. The first-order valence-electron chi connectivity index (χ1n) is 10.0. The summed E-state index contributed by atoms with van der Waals surface area (Å²) < 4.78 is 42.1. The quantitative estimate of drug-likeness (QED) is 0.193. The standard InChI is InChI=1S/C19H42O7Si/c1-9-12-15-24-18(4,20-5)19(25-16-13-10-2,26-17-14-11-3)27(21-6,22-7)23-8/h9-17H2,1-8H3. The van der Waals surface area contributed by atoms with E-state index in [4.69, 9.17) is 32.2 Å². The van der Waals surface area contributed by atoms with E-state index in [-0.39, 0.29) is 0 Å². The number of hydrogen-bond acceptors (Lipinski definition) is 7. The van der Waals surface area contributed by atoms with E-state index in [2.05, 4.69) is 20.8 Å². The van der Waals surface area contributed by atoms with E-state index in [1.807, 2.05) is 0 Å². The summed E-state index contributed by atoms with van der Waals surface area (Å²) in [6.07, 6.45) is 5.56. The molecule has 0 spiro atoms. The van der Waals surface area contributed by atoms with Gasteiger partial charge in [0, 0.05) is 28.4 Å². The van der Waals surface area contributed by atoms with Crippen molar-refractivity contribution in [3.05, 3.63) is 0 Å². The van der Waals surface area contributed by atoms with Gasteiger partial charge in [-0.15, -0.1) is 0 Å². The van der Waals surface area contributed by atoms with E-state index in [0.717, 1.165) is 38.5 Å². The molecule has 0 aliphatic rings. The first-order valence-corrected chi connectivity index (χ1v) is 11.8. The molecule has 0 aromatic rings. The molecular formula is C19H42O7Si. The van der Waals surface area contributed by atoms with Gasteiger partial charge in [0.1, 0.15) is 0 Å². The molecule has 0 fully saturated rings. The summed E-state index contributed by atoms with van der Waals surface area (Å²) in [7, 11) is 2.70. The second kappa shape index (κ2) is 14.0. The first kappa shape index (κ1) is 26.9. The van der Waals surface area contributed by atoms with Crippen LogP contribution in [0.25, 0.3) is 0 Å². The lowest BCUT2D eigenvalue weighted by Gasteiger charge is -2.50. The maximum atomic E-state index is 6.36. The van der Waals surface area contributed by atoms with Crippen molar-refractivity contribution in [2.45, 2.75) is 77.4 Å². The van der Waals surface area contributed by atoms with Crippen LogP contribution in [0.2, 0.25) is 0 Å². The highest BCUT2D eigenvalue weighted by Gasteiger charge is 2.73. The Labute approximate surface area is 167 Å². The summed E-state index contributed by atoms with van der Waals surface area (Å²) in [5.41, 5.74) is -1.45. The van der Waals surface area contributed by atoms with Gasteiger partial charge in [-0.3, -0.25) is 0 Å². The zero-order chi connectivity index (χ0) is 20.8. The fraction of sp³-hybridized carbons (Fsp3) is 1.00. The first-order chi connectivity index (χ1) is 12.9. The third kappa shape index (κ3) is 6.47. The SMILES string of the molecule is CCCCOC(C)(OC)C(OCCCC)(OCCCC)[Si](OC)(OC)OC. The molecule has 0 bridgehead atoms. The van der Waals surface area contributed by atoms with Crippen molar-refractivity contribution in [3.8, 4) is 0 Å². The largest absolute Gasteiger partial charge is 0.569 e. The predicted octanol–water partition coefficient (Wildman–Crippen LogP) is 3.91. The maximum Gasteiger partial charge on any atom is 0.569 e. The van der Waals surface area contributed by atoms with Crippen LogP contribution >= 0.6 is 0 Å². The molecule has 8 heteroatoms.